The quantitative estimate of drug-likeness (QED) is 0.0321. The highest BCUT2D eigenvalue weighted by atomic mass is 16.5. The van der Waals surface area contributed by atoms with Gasteiger partial charge in [-0.25, -0.2) is 0 Å². The molecule has 0 aromatic rings. The summed E-state index contributed by atoms with van der Waals surface area (Å²) in [6.45, 7) is 4.95. The fourth-order valence-electron chi connectivity index (χ4n) is 9.11. The van der Waals surface area contributed by atoms with E-state index in [-0.39, 0.29) is 18.5 Å². The molecule has 0 aliphatic rings. The number of aliphatic hydroxyl groups excluding tert-OH is 2. The third-order valence-corrected chi connectivity index (χ3v) is 13.6. The predicted molar refractivity (Wildman–Crippen MR) is 278 cm³/mol. The Morgan fingerprint density at radius 2 is 0.734 bits per heavy atom. The third kappa shape index (κ3) is 50.0. The Morgan fingerprint density at radius 3 is 1.11 bits per heavy atom. The minimum absolute atomic E-state index is 0.00164. The molecule has 0 aliphatic heterocycles. The molecule has 2 unspecified atom stereocenters. The topological polar surface area (TPSA) is 95.9 Å². The van der Waals surface area contributed by atoms with Gasteiger partial charge in [-0.05, 0) is 51.4 Å². The number of aliphatic hydroxyl groups is 2. The van der Waals surface area contributed by atoms with E-state index in [1.54, 1.807) is 0 Å². The van der Waals surface area contributed by atoms with E-state index >= 15 is 0 Å². The zero-order valence-electron chi connectivity index (χ0n) is 43.3. The summed E-state index contributed by atoms with van der Waals surface area (Å²) in [6.07, 6.45) is 63.4. The average molecular weight is 905 g/mol. The lowest BCUT2D eigenvalue weighted by Crippen LogP contribution is -2.45. The second-order valence-electron chi connectivity index (χ2n) is 20.0. The van der Waals surface area contributed by atoms with Gasteiger partial charge in [0.05, 0.1) is 25.4 Å². The van der Waals surface area contributed by atoms with E-state index in [4.69, 9.17) is 4.74 Å². The van der Waals surface area contributed by atoms with Gasteiger partial charge in [0.2, 0.25) is 5.91 Å². The molecule has 0 rings (SSSR count). The standard InChI is InChI=1S/C58H113NO5/c1-3-5-7-9-11-13-15-17-19-20-24-28-32-36-40-44-48-52-58(63)64-53-49-45-41-37-33-29-25-22-21-23-27-31-35-39-43-47-51-57(62)59-55(54-60)56(61)50-46-42-38-34-30-26-18-16-14-12-10-8-6-4-2/h21,23,55-56,60-61H,3-20,22,24-54H2,1-2H3,(H,59,62)/b23-21-. The van der Waals surface area contributed by atoms with Crippen LogP contribution in [0.5, 0.6) is 0 Å². The number of unbranched alkanes of at least 4 members (excludes halogenated alkanes) is 41. The molecule has 0 saturated carbocycles. The van der Waals surface area contributed by atoms with Gasteiger partial charge < -0.3 is 20.3 Å². The lowest BCUT2D eigenvalue weighted by Gasteiger charge is -2.22. The molecule has 6 heteroatoms. The van der Waals surface area contributed by atoms with Crippen molar-refractivity contribution in [3.63, 3.8) is 0 Å². The molecular weight excluding hydrogens is 791 g/mol. The van der Waals surface area contributed by atoms with Crippen molar-refractivity contribution in [2.45, 2.75) is 334 Å². The molecule has 0 heterocycles. The van der Waals surface area contributed by atoms with Gasteiger partial charge in [0.25, 0.3) is 0 Å². The van der Waals surface area contributed by atoms with Crippen LogP contribution in [-0.2, 0) is 14.3 Å². The zero-order valence-corrected chi connectivity index (χ0v) is 43.3. The second-order valence-corrected chi connectivity index (χ2v) is 20.0. The fourth-order valence-corrected chi connectivity index (χ4v) is 9.11. The summed E-state index contributed by atoms with van der Waals surface area (Å²) in [5.41, 5.74) is 0. The van der Waals surface area contributed by atoms with E-state index in [1.165, 1.54) is 225 Å². The molecule has 0 spiro atoms. The minimum Gasteiger partial charge on any atom is -0.466 e. The molecule has 3 N–H and O–H groups in total. The largest absolute Gasteiger partial charge is 0.466 e. The predicted octanol–water partition coefficient (Wildman–Crippen LogP) is 17.7. The summed E-state index contributed by atoms with van der Waals surface area (Å²) < 4.78 is 5.48. The maximum absolute atomic E-state index is 12.5. The van der Waals surface area contributed by atoms with Gasteiger partial charge in [-0.3, -0.25) is 9.59 Å². The van der Waals surface area contributed by atoms with E-state index in [9.17, 15) is 19.8 Å². The molecule has 0 aromatic heterocycles. The third-order valence-electron chi connectivity index (χ3n) is 13.6. The van der Waals surface area contributed by atoms with E-state index in [0.29, 0.717) is 25.9 Å². The van der Waals surface area contributed by atoms with Crippen LogP contribution in [0.3, 0.4) is 0 Å². The van der Waals surface area contributed by atoms with Crippen LogP contribution in [0.1, 0.15) is 322 Å². The van der Waals surface area contributed by atoms with E-state index in [2.05, 4.69) is 31.3 Å². The molecule has 0 saturated heterocycles. The molecule has 1 amide bonds. The summed E-state index contributed by atoms with van der Waals surface area (Å²) in [5, 5.41) is 23.2. The van der Waals surface area contributed by atoms with Crippen molar-refractivity contribution in [3.05, 3.63) is 12.2 Å². The highest BCUT2D eigenvalue weighted by Crippen LogP contribution is 2.17. The number of hydrogen-bond acceptors (Lipinski definition) is 5. The van der Waals surface area contributed by atoms with Gasteiger partial charge in [0, 0.05) is 12.8 Å². The van der Waals surface area contributed by atoms with E-state index < -0.39 is 12.1 Å². The van der Waals surface area contributed by atoms with Crippen LogP contribution in [0.4, 0.5) is 0 Å². The Balaban J connectivity index is 3.43. The molecule has 2 atom stereocenters. The highest BCUT2D eigenvalue weighted by Gasteiger charge is 2.20. The molecule has 64 heavy (non-hydrogen) atoms. The minimum atomic E-state index is -0.673. The first-order valence-corrected chi connectivity index (χ1v) is 28.9. The van der Waals surface area contributed by atoms with Gasteiger partial charge >= 0.3 is 5.97 Å². The highest BCUT2D eigenvalue weighted by molar-refractivity contribution is 5.76. The van der Waals surface area contributed by atoms with Crippen LogP contribution >= 0.6 is 0 Å². The Labute approximate surface area is 399 Å². The first-order valence-electron chi connectivity index (χ1n) is 28.9. The smallest absolute Gasteiger partial charge is 0.305 e. The van der Waals surface area contributed by atoms with Gasteiger partial charge in [-0.15, -0.1) is 0 Å². The number of carbonyl (C=O) groups excluding carboxylic acids is 2. The number of carbonyl (C=O) groups is 2. The van der Waals surface area contributed by atoms with Crippen molar-refractivity contribution in [1.82, 2.24) is 5.32 Å². The molecule has 0 fully saturated rings. The van der Waals surface area contributed by atoms with Crippen LogP contribution in [0, 0.1) is 0 Å². The Kier molecular flexibility index (Phi) is 53.0. The maximum Gasteiger partial charge on any atom is 0.305 e. The van der Waals surface area contributed by atoms with Crippen molar-refractivity contribution in [2.75, 3.05) is 13.2 Å². The number of allylic oxidation sites excluding steroid dienone is 2. The number of rotatable bonds is 54. The number of amides is 1. The van der Waals surface area contributed by atoms with Crippen LogP contribution in [0.2, 0.25) is 0 Å². The van der Waals surface area contributed by atoms with Gasteiger partial charge in [0.1, 0.15) is 0 Å². The first kappa shape index (κ1) is 62.6. The van der Waals surface area contributed by atoms with E-state index in [1.807, 2.05) is 0 Å². The molecule has 0 aromatic carbocycles. The zero-order chi connectivity index (χ0) is 46.5. The summed E-state index contributed by atoms with van der Waals surface area (Å²) in [6, 6.07) is -0.552. The summed E-state index contributed by atoms with van der Waals surface area (Å²) in [5.74, 6) is -0.0487. The van der Waals surface area contributed by atoms with Gasteiger partial charge in [-0.2, -0.15) is 0 Å². The lowest BCUT2D eigenvalue weighted by atomic mass is 10.0. The number of nitrogens with one attached hydrogen (secondary N) is 1. The molecule has 0 bridgehead atoms. The maximum atomic E-state index is 12.5. The van der Waals surface area contributed by atoms with Crippen LogP contribution in [0.15, 0.2) is 12.2 Å². The fraction of sp³-hybridized carbons (Fsp3) is 0.931. The Morgan fingerprint density at radius 1 is 0.422 bits per heavy atom. The van der Waals surface area contributed by atoms with Crippen molar-refractivity contribution < 1.29 is 24.5 Å². The SMILES string of the molecule is CCCCCCCCCCCCCCCCCCCC(=O)OCCCCCCCCC/C=C\CCCCCCCC(=O)NC(CO)C(O)CCCCCCCCCCCCCCCC. The van der Waals surface area contributed by atoms with Crippen molar-refractivity contribution in [3.8, 4) is 0 Å². The molecule has 0 radical (unpaired) electrons. The van der Waals surface area contributed by atoms with Gasteiger partial charge in [-0.1, -0.05) is 270 Å². The van der Waals surface area contributed by atoms with Crippen LogP contribution in [0.25, 0.3) is 0 Å². The Hall–Kier alpha value is -1.40. The summed E-state index contributed by atoms with van der Waals surface area (Å²) >= 11 is 0. The summed E-state index contributed by atoms with van der Waals surface area (Å²) in [7, 11) is 0. The summed E-state index contributed by atoms with van der Waals surface area (Å²) in [4.78, 5) is 24.5. The van der Waals surface area contributed by atoms with Crippen LogP contribution < -0.4 is 5.32 Å². The van der Waals surface area contributed by atoms with Crippen molar-refractivity contribution in [2.24, 2.45) is 0 Å². The number of hydrogen-bond donors (Lipinski definition) is 3. The number of esters is 1. The second kappa shape index (κ2) is 54.2. The normalized spacial score (nSPS) is 12.6. The average Bonchev–Trinajstić information content (AvgIpc) is 3.29. The van der Waals surface area contributed by atoms with Gasteiger partial charge in [0.15, 0.2) is 0 Å². The molecule has 0 aliphatic carbocycles. The Bertz CT molecular complexity index is 955. The molecular formula is C58H113NO5. The molecule has 380 valence electrons. The lowest BCUT2D eigenvalue weighted by molar-refractivity contribution is -0.143. The monoisotopic (exact) mass is 904 g/mol. The number of ether oxygens (including phenoxy) is 1. The first-order chi connectivity index (χ1) is 31.5. The van der Waals surface area contributed by atoms with Crippen LogP contribution in [-0.4, -0.2) is 47.4 Å². The van der Waals surface area contributed by atoms with E-state index in [0.717, 1.165) is 64.2 Å². The van der Waals surface area contributed by atoms with Crippen molar-refractivity contribution >= 4 is 11.9 Å². The van der Waals surface area contributed by atoms with Crippen molar-refractivity contribution in [1.29, 1.82) is 0 Å². The molecule has 6 nitrogen and oxygen atoms in total.